The zero-order valence-corrected chi connectivity index (χ0v) is 21.1. The van der Waals surface area contributed by atoms with Crippen molar-refractivity contribution in [1.82, 2.24) is 9.55 Å². The lowest BCUT2D eigenvalue weighted by Crippen LogP contribution is -2.28. The zero-order chi connectivity index (χ0) is 30.4. The van der Waals surface area contributed by atoms with E-state index in [0.29, 0.717) is 0 Å². The first kappa shape index (κ1) is 29.6. The third-order valence-corrected chi connectivity index (χ3v) is 6.01. The largest absolute Gasteiger partial charge is 0.573 e. The third-order valence-electron chi connectivity index (χ3n) is 6.01. The van der Waals surface area contributed by atoms with E-state index in [0.717, 1.165) is 59.3 Å². The number of aromatic hydroxyl groups is 1. The first-order valence-corrected chi connectivity index (χ1v) is 11.7. The first-order valence-electron chi connectivity index (χ1n) is 11.7. The van der Waals surface area contributed by atoms with Crippen molar-refractivity contribution < 1.29 is 49.4 Å². The second kappa shape index (κ2) is 10.2. The fraction of sp³-hybridized carbons (Fsp3) is 0.222. The van der Waals surface area contributed by atoms with Gasteiger partial charge >= 0.3 is 18.7 Å². The number of nitrogens with one attached hydrogen (secondary N) is 1. The third kappa shape index (κ3) is 6.69. The Morgan fingerprint density at radius 3 is 1.98 bits per heavy atom. The molecular weight excluding hydrogens is 569 g/mol. The average Bonchev–Trinajstić information content (AvgIpc) is 3.18. The summed E-state index contributed by atoms with van der Waals surface area (Å²) in [5, 5.41) is 14.1. The number of anilines is 1. The molecule has 4 aromatic rings. The normalized spacial score (nSPS) is 12.9. The number of pyridine rings is 1. The van der Waals surface area contributed by atoms with Crippen LogP contribution in [0.5, 0.6) is 11.6 Å². The van der Waals surface area contributed by atoms with Crippen LogP contribution in [0.1, 0.15) is 30.7 Å². The monoisotopic (exact) mass is 589 g/mol. The summed E-state index contributed by atoms with van der Waals surface area (Å²) in [7, 11) is 0. The molecule has 2 heterocycles. The minimum Gasteiger partial charge on any atom is -0.493 e. The van der Waals surface area contributed by atoms with E-state index in [1.54, 1.807) is 13.8 Å². The van der Waals surface area contributed by atoms with Crippen LogP contribution in [0.4, 0.5) is 45.2 Å². The topological polar surface area (TPSA) is 59.3 Å². The second-order valence-electron chi connectivity index (χ2n) is 9.40. The highest BCUT2D eigenvalue weighted by Gasteiger charge is 2.34. The first-order chi connectivity index (χ1) is 18.8. The highest BCUT2D eigenvalue weighted by atomic mass is 19.4. The predicted molar refractivity (Wildman–Crippen MR) is 130 cm³/mol. The van der Waals surface area contributed by atoms with Gasteiger partial charge in [-0.2, -0.15) is 26.3 Å². The van der Waals surface area contributed by atoms with Gasteiger partial charge in [0.05, 0.1) is 22.5 Å². The molecule has 0 atom stereocenters. The molecule has 0 aliphatic rings. The molecule has 0 unspecified atom stereocenters. The summed E-state index contributed by atoms with van der Waals surface area (Å²) in [6, 6.07) is 11.7. The summed E-state index contributed by atoms with van der Waals surface area (Å²) in [5.74, 6) is -1.10. The molecule has 0 saturated heterocycles. The summed E-state index contributed by atoms with van der Waals surface area (Å²) >= 11 is 0. The Kier molecular flexibility index (Phi) is 7.39. The summed E-state index contributed by atoms with van der Waals surface area (Å²) in [6.07, 6.45) is -13.3. The van der Waals surface area contributed by atoms with Gasteiger partial charge in [-0.3, -0.25) is 9.55 Å². The van der Waals surface area contributed by atoms with Gasteiger partial charge < -0.3 is 15.2 Å². The van der Waals surface area contributed by atoms with Gasteiger partial charge in [0.25, 0.3) is 0 Å². The van der Waals surface area contributed by atoms with Gasteiger partial charge in [-0.05, 0) is 73.5 Å². The molecule has 5 nitrogen and oxygen atoms in total. The van der Waals surface area contributed by atoms with E-state index in [1.807, 2.05) is 0 Å². The molecule has 2 aromatic heterocycles. The predicted octanol–water partition coefficient (Wildman–Crippen LogP) is 8.53. The minimum atomic E-state index is -4.96. The molecule has 0 radical (unpaired) electrons. The number of alkyl halides is 9. The fourth-order valence-electron chi connectivity index (χ4n) is 4.06. The van der Waals surface area contributed by atoms with Gasteiger partial charge in [0.1, 0.15) is 11.4 Å². The molecule has 218 valence electrons. The Morgan fingerprint density at radius 1 is 0.780 bits per heavy atom. The molecule has 4 rings (SSSR count). The Bertz CT molecular complexity index is 1520. The number of nitrogens with zero attached hydrogens (tertiary/aromatic N) is 2. The van der Waals surface area contributed by atoms with Crippen molar-refractivity contribution in [3.63, 3.8) is 0 Å². The smallest absolute Gasteiger partial charge is 0.493 e. The highest BCUT2D eigenvalue weighted by Crippen LogP contribution is 2.42. The van der Waals surface area contributed by atoms with Crippen molar-refractivity contribution in [2.45, 2.75) is 38.1 Å². The molecule has 0 spiro atoms. The molecule has 0 aliphatic heterocycles. The van der Waals surface area contributed by atoms with E-state index in [9.17, 15) is 44.6 Å². The molecule has 2 aromatic carbocycles. The molecule has 2 N–H and O–H groups in total. The highest BCUT2D eigenvalue weighted by molar-refractivity contribution is 5.75. The van der Waals surface area contributed by atoms with E-state index < -0.39 is 47.1 Å². The molecule has 41 heavy (non-hydrogen) atoms. The fourth-order valence-corrected chi connectivity index (χ4v) is 4.06. The van der Waals surface area contributed by atoms with Crippen LogP contribution in [0.3, 0.4) is 0 Å². The van der Waals surface area contributed by atoms with Crippen LogP contribution in [0.25, 0.3) is 16.9 Å². The maximum absolute atomic E-state index is 13.4. The Balaban J connectivity index is 1.80. The van der Waals surface area contributed by atoms with Crippen molar-refractivity contribution in [2.24, 2.45) is 0 Å². The van der Waals surface area contributed by atoms with E-state index in [2.05, 4.69) is 15.0 Å². The number of benzene rings is 2. The van der Waals surface area contributed by atoms with E-state index in [-0.39, 0.29) is 28.2 Å². The summed E-state index contributed by atoms with van der Waals surface area (Å²) in [5.41, 5.74) is -2.89. The average molecular weight is 589 g/mol. The van der Waals surface area contributed by atoms with E-state index >= 15 is 0 Å². The maximum Gasteiger partial charge on any atom is 0.573 e. The summed E-state index contributed by atoms with van der Waals surface area (Å²) in [4.78, 5) is 3.43. The van der Waals surface area contributed by atoms with Crippen molar-refractivity contribution in [2.75, 3.05) is 5.32 Å². The molecule has 0 aliphatic carbocycles. The molecule has 0 fully saturated rings. The second-order valence-corrected chi connectivity index (χ2v) is 9.40. The Hall–Kier alpha value is -4.36. The zero-order valence-electron chi connectivity index (χ0n) is 21.1. The van der Waals surface area contributed by atoms with Gasteiger partial charge in [0, 0.05) is 11.9 Å². The van der Waals surface area contributed by atoms with Gasteiger partial charge in [-0.25, -0.2) is 0 Å². The molecule has 0 saturated carbocycles. The molecule has 0 amide bonds. The number of hydrogen-bond acceptors (Lipinski definition) is 4. The standard InChI is InChI=1S/C27H20F9N3O2/c1-24(2,17-6-11-22(37-14-17)26(31,32)33)38-20-13-21(15-4-3-5-16(12-15)25(28,29)30)39(23(20)40)18-7-9-19(10-8-18)41-27(34,35)36/h3-14,38,40H,1-2H3. The SMILES string of the molecule is CC(C)(Nc1cc(-c2cccc(C(F)(F)F)c2)n(-c2ccc(OC(F)(F)F)cc2)c1O)c1ccc(C(F)(F)F)nc1. The summed E-state index contributed by atoms with van der Waals surface area (Å²) in [6.45, 7) is 3.14. The van der Waals surface area contributed by atoms with Crippen LogP contribution in [-0.2, 0) is 17.9 Å². The van der Waals surface area contributed by atoms with Gasteiger partial charge in [-0.1, -0.05) is 18.2 Å². The van der Waals surface area contributed by atoms with Crippen molar-refractivity contribution >= 4 is 5.69 Å². The lowest BCUT2D eigenvalue weighted by Gasteiger charge is -2.27. The van der Waals surface area contributed by atoms with E-state index in [1.165, 1.54) is 18.2 Å². The van der Waals surface area contributed by atoms with Crippen molar-refractivity contribution in [1.29, 1.82) is 0 Å². The van der Waals surface area contributed by atoms with Gasteiger partial charge in [0.15, 0.2) is 0 Å². The Morgan fingerprint density at radius 2 is 1.44 bits per heavy atom. The van der Waals surface area contributed by atoms with Crippen LogP contribution < -0.4 is 10.1 Å². The quantitative estimate of drug-likeness (QED) is 0.222. The molecular formula is C27H20F9N3O2. The van der Waals surface area contributed by atoms with Crippen LogP contribution in [0.2, 0.25) is 0 Å². The van der Waals surface area contributed by atoms with Crippen LogP contribution >= 0.6 is 0 Å². The number of ether oxygens (including phenoxy) is 1. The van der Waals surface area contributed by atoms with Gasteiger partial charge in [-0.15, -0.1) is 13.2 Å². The van der Waals surface area contributed by atoms with Gasteiger partial charge in [0.2, 0.25) is 5.88 Å². The number of rotatable bonds is 6. The van der Waals surface area contributed by atoms with Crippen LogP contribution in [0.15, 0.2) is 72.9 Å². The Labute approximate surface area is 226 Å². The molecule has 0 bridgehead atoms. The summed E-state index contributed by atoms with van der Waals surface area (Å²) < 4.78 is 122. The van der Waals surface area contributed by atoms with Crippen molar-refractivity contribution in [3.05, 3.63) is 89.7 Å². The number of aromatic nitrogens is 2. The lowest BCUT2D eigenvalue weighted by atomic mass is 9.95. The van der Waals surface area contributed by atoms with E-state index in [4.69, 9.17) is 0 Å². The minimum absolute atomic E-state index is 0.00722. The number of hydrogen-bond donors (Lipinski definition) is 2. The van der Waals surface area contributed by atoms with Crippen LogP contribution in [-0.4, -0.2) is 21.0 Å². The van der Waals surface area contributed by atoms with Crippen LogP contribution in [0, 0.1) is 0 Å². The number of halogens is 9. The lowest BCUT2D eigenvalue weighted by molar-refractivity contribution is -0.274. The van der Waals surface area contributed by atoms with Crippen molar-refractivity contribution in [3.8, 4) is 28.6 Å². The molecule has 14 heteroatoms. The maximum atomic E-state index is 13.4.